The van der Waals surface area contributed by atoms with Crippen molar-refractivity contribution in [3.63, 3.8) is 0 Å². The SMILES string of the molecule is COc1c(N)cc(CN)cc1CN. The average molecular weight is 181 g/mol. The van der Waals surface area contributed by atoms with Gasteiger partial charge in [0.25, 0.3) is 0 Å². The third-order valence-corrected chi connectivity index (χ3v) is 1.91. The molecule has 72 valence electrons. The van der Waals surface area contributed by atoms with Crippen LogP contribution in [0, 0.1) is 0 Å². The highest BCUT2D eigenvalue weighted by molar-refractivity contribution is 5.58. The molecule has 0 saturated carbocycles. The van der Waals surface area contributed by atoms with Crippen molar-refractivity contribution >= 4 is 5.69 Å². The Balaban J connectivity index is 3.20. The van der Waals surface area contributed by atoms with Crippen LogP contribution in [-0.4, -0.2) is 7.11 Å². The van der Waals surface area contributed by atoms with E-state index in [9.17, 15) is 0 Å². The van der Waals surface area contributed by atoms with Gasteiger partial charge in [0.1, 0.15) is 5.75 Å². The van der Waals surface area contributed by atoms with Gasteiger partial charge in [-0.15, -0.1) is 0 Å². The first-order chi connectivity index (χ1) is 6.22. The van der Waals surface area contributed by atoms with E-state index in [-0.39, 0.29) is 0 Å². The summed E-state index contributed by atoms with van der Waals surface area (Å²) in [5, 5.41) is 0. The second-order valence-corrected chi connectivity index (χ2v) is 2.79. The molecular weight excluding hydrogens is 166 g/mol. The van der Waals surface area contributed by atoms with Crippen LogP contribution in [0.25, 0.3) is 0 Å². The fourth-order valence-electron chi connectivity index (χ4n) is 1.30. The third kappa shape index (κ3) is 1.91. The third-order valence-electron chi connectivity index (χ3n) is 1.91. The van der Waals surface area contributed by atoms with Gasteiger partial charge in [-0.1, -0.05) is 0 Å². The summed E-state index contributed by atoms with van der Waals surface area (Å²) in [6.07, 6.45) is 0. The van der Waals surface area contributed by atoms with Crippen LogP contribution in [0.4, 0.5) is 5.69 Å². The van der Waals surface area contributed by atoms with Gasteiger partial charge in [0.15, 0.2) is 0 Å². The Bertz CT molecular complexity index is 299. The second kappa shape index (κ2) is 4.11. The number of rotatable bonds is 3. The number of benzene rings is 1. The van der Waals surface area contributed by atoms with Gasteiger partial charge in [0.2, 0.25) is 0 Å². The molecule has 1 rings (SSSR count). The molecule has 1 aromatic rings. The molecule has 0 spiro atoms. The van der Waals surface area contributed by atoms with Gasteiger partial charge in [-0.05, 0) is 17.7 Å². The van der Waals surface area contributed by atoms with E-state index >= 15 is 0 Å². The minimum Gasteiger partial charge on any atom is -0.494 e. The second-order valence-electron chi connectivity index (χ2n) is 2.79. The summed E-state index contributed by atoms with van der Waals surface area (Å²) in [6.45, 7) is 0.863. The smallest absolute Gasteiger partial charge is 0.146 e. The van der Waals surface area contributed by atoms with Crippen molar-refractivity contribution in [2.45, 2.75) is 13.1 Å². The van der Waals surface area contributed by atoms with E-state index in [2.05, 4.69) is 0 Å². The van der Waals surface area contributed by atoms with Crippen LogP contribution in [0.15, 0.2) is 12.1 Å². The number of anilines is 1. The number of ether oxygens (including phenoxy) is 1. The van der Waals surface area contributed by atoms with Gasteiger partial charge in [-0.3, -0.25) is 0 Å². The first-order valence-corrected chi connectivity index (χ1v) is 4.08. The Hall–Kier alpha value is -1.26. The quantitative estimate of drug-likeness (QED) is 0.581. The van der Waals surface area contributed by atoms with E-state index in [0.717, 1.165) is 11.1 Å². The zero-order valence-electron chi connectivity index (χ0n) is 7.71. The summed E-state index contributed by atoms with van der Waals surface area (Å²) < 4.78 is 5.12. The lowest BCUT2D eigenvalue weighted by Gasteiger charge is -2.11. The molecule has 0 atom stereocenters. The van der Waals surface area contributed by atoms with Crippen molar-refractivity contribution < 1.29 is 4.74 Å². The van der Waals surface area contributed by atoms with Gasteiger partial charge < -0.3 is 21.9 Å². The summed E-state index contributed by atoms with van der Waals surface area (Å²) in [5.41, 5.74) is 19.2. The van der Waals surface area contributed by atoms with Gasteiger partial charge in [-0.2, -0.15) is 0 Å². The molecule has 1 aromatic carbocycles. The zero-order chi connectivity index (χ0) is 9.84. The minimum atomic E-state index is 0.404. The highest BCUT2D eigenvalue weighted by Gasteiger charge is 2.06. The van der Waals surface area contributed by atoms with Crippen LogP contribution in [-0.2, 0) is 13.1 Å². The lowest BCUT2D eigenvalue weighted by atomic mass is 10.1. The highest BCUT2D eigenvalue weighted by Crippen LogP contribution is 2.27. The number of hydrogen-bond acceptors (Lipinski definition) is 4. The van der Waals surface area contributed by atoms with Gasteiger partial charge in [0, 0.05) is 18.7 Å². The maximum atomic E-state index is 5.75. The molecule has 4 heteroatoms. The van der Waals surface area contributed by atoms with Crippen molar-refractivity contribution in [2.24, 2.45) is 11.5 Å². The van der Waals surface area contributed by atoms with Crippen molar-refractivity contribution in [1.29, 1.82) is 0 Å². The largest absolute Gasteiger partial charge is 0.494 e. The highest BCUT2D eigenvalue weighted by atomic mass is 16.5. The molecule has 6 N–H and O–H groups in total. The fraction of sp³-hybridized carbons (Fsp3) is 0.333. The van der Waals surface area contributed by atoms with Crippen molar-refractivity contribution in [1.82, 2.24) is 0 Å². The van der Waals surface area contributed by atoms with E-state index in [0.29, 0.717) is 24.5 Å². The topological polar surface area (TPSA) is 87.3 Å². The van der Waals surface area contributed by atoms with Gasteiger partial charge >= 0.3 is 0 Å². The molecule has 0 amide bonds. The standard InChI is InChI=1S/C9H15N3O/c1-13-9-7(5-11)2-6(4-10)3-8(9)12/h2-3H,4-5,10-12H2,1H3. The molecule has 0 radical (unpaired) electrons. The fourth-order valence-corrected chi connectivity index (χ4v) is 1.30. The van der Waals surface area contributed by atoms with Crippen molar-refractivity contribution in [3.05, 3.63) is 23.3 Å². The summed E-state index contributed by atoms with van der Waals surface area (Å²) >= 11 is 0. The first kappa shape index (κ1) is 9.83. The minimum absolute atomic E-state index is 0.404. The summed E-state index contributed by atoms with van der Waals surface area (Å²) in [5.74, 6) is 0.653. The molecule has 0 bridgehead atoms. The van der Waals surface area contributed by atoms with E-state index in [1.165, 1.54) is 0 Å². The van der Waals surface area contributed by atoms with E-state index < -0.39 is 0 Å². The van der Waals surface area contributed by atoms with Crippen LogP contribution >= 0.6 is 0 Å². The molecule has 0 aliphatic rings. The summed E-state index contributed by atoms with van der Waals surface area (Å²) in [7, 11) is 1.58. The molecule has 4 nitrogen and oxygen atoms in total. The van der Waals surface area contributed by atoms with Crippen LogP contribution in [0.5, 0.6) is 5.75 Å². The summed E-state index contributed by atoms with van der Waals surface area (Å²) in [4.78, 5) is 0. The van der Waals surface area contributed by atoms with E-state index in [1.807, 2.05) is 6.07 Å². The van der Waals surface area contributed by atoms with E-state index in [1.54, 1.807) is 13.2 Å². The number of methoxy groups -OCH3 is 1. The molecule has 0 aromatic heterocycles. The molecule has 0 aliphatic carbocycles. The van der Waals surface area contributed by atoms with Crippen molar-refractivity contribution in [3.8, 4) is 5.75 Å². The Labute approximate surface area is 77.7 Å². The number of hydrogen-bond donors (Lipinski definition) is 3. The number of nitrogen functional groups attached to an aromatic ring is 1. The molecule has 13 heavy (non-hydrogen) atoms. The van der Waals surface area contributed by atoms with E-state index in [4.69, 9.17) is 21.9 Å². The van der Waals surface area contributed by atoms with Gasteiger partial charge in [0.05, 0.1) is 12.8 Å². The normalized spacial score (nSPS) is 10.1. The predicted molar refractivity (Wildman–Crippen MR) is 53.2 cm³/mol. The lowest BCUT2D eigenvalue weighted by molar-refractivity contribution is 0.412. The van der Waals surface area contributed by atoms with Crippen LogP contribution < -0.4 is 21.9 Å². The molecule has 0 unspecified atom stereocenters. The summed E-state index contributed by atoms with van der Waals surface area (Å²) in [6, 6.07) is 3.72. The molecule has 0 fully saturated rings. The Kier molecular flexibility index (Phi) is 3.11. The monoisotopic (exact) mass is 181 g/mol. The average Bonchev–Trinajstić information content (AvgIpc) is 2.16. The van der Waals surface area contributed by atoms with Crippen LogP contribution in [0.3, 0.4) is 0 Å². The maximum Gasteiger partial charge on any atom is 0.146 e. The first-order valence-electron chi connectivity index (χ1n) is 4.08. The van der Waals surface area contributed by atoms with Gasteiger partial charge in [-0.25, -0.2) is 0 Å². The lowest BCUT2D eigenvalue weighted by Crippen LogP contribution is -2.06. The predicted octanol–water partition coefficient (Wildman–Crippen LogP) is 0.195. The van der Waals surface area contributed by atoms with Crippen molar-refractivity contribution in [2.75, 3.05) is 12.8 Å². The molecule has 0 heterocycles. The Morgan fingerprint density at radius 2 is 1.92 bits per heavy atom. The molecule has 0 saturated heterocycles. The van der Waals surface area contributed by atoms with Crippen LogP contribution in [0.2, 0.25) is 0 Å². The number of nitrogens with two attached hydrogens (primary N) is 3. The Morgan fingerprint density at radius 3 is 2.38 bits per heavy atom. The van der Waals surface area contributed by atoms with Crippen LogP contribution in [0.1, 0.15) is 11.1 Å². The zero-order valence-corrected chi connectivity index (χ0v) is 7.71. The maximum absolute atomic E-state index is 5.75. The molecular formula is C9H15N3O. The molecule has 0 aliphatic heterocycles. The Morgan fingerprint density at radius 1 is 1.23 bits per heavy atom.